The number of hydrogen-bond donors (Lipinski definition) is 0. The van der Waals surface area contributed by atoms with Gasteiger partial charge in [0.25, 0.3) is 0 Å². The molecule has 0 rings (SSSR count). The van der Waals surface area contributed by atoms with Crippen LogP contribution in [-0.4, -0.2) is 39.6 Å². The Morgan fingerprint density at radius 1 is 0.447 bits per heavy atom. The molecule has 38 heavy (non-hydrogen) atoms. The van der Waals surface area contributed by atoms with Gasteiger partial charge in [-0.2, -0.15) is 0 Å². The summed E-state index contributed by atoms with van der Waals surface area (Å²) >= 11 is 0. The van der Waals surface area contributed by atoms with E-state index in [0.717, 1.165) is 114 Å². The molecule has 0 spiro atoms. The van der Waals surface area contributed by atoms with Gasteiger partial charge in [0.1, 0.15) is 0 Å². The minimum atomic E-state index is -3.55. The van der Waals surface area contributed by atoms with Gasteiger partial charge in [-0.05, 0) is 99.3 Å². The summed E-state index contributed by atoms with van der Waals surface area (Å²) in [6, 6.07) is 0. The molecule has 0 fully saturated rings. The smallest absolute Gasteiger partial charge is 0.474 e. The van der Waals surface area contributed by atoms with Crippen molar-refractivity contribution in [3.05, 3.63) is 35.5 Å². The fraction of sp³-hybridized carbons (Fsp3) is 0.800. The number of unbranched alkanes of at least 4 members (excludes halogenated alkanes) is 9. The highest BCUT2D eigenvalue weighted by Gasteiger charge is 2.26. The van der Waals surface area contributed by atoms with Crippen LogP contribution in [0.5, 0.6) is 0 Å². The van der Waals surface area contributed by atoms with Gasteiger partial charge in [0.05, 0.1) is 56.9 Å². The third-order valence-electron chi connectivity index (χ3n) is 6.07. The normalized spacial score (nSPS) is 13.2. The fourth-order valence-electron chi connectivity index (χ4n) is 3.26. The first-order chi connectivity index (χ1) is 18.4. The molecule has 0 bridgehead atoms. The first-order valence-corrected chi connectivity index (χ1v) is 16.1. The number of ether oxygens (including phenoxy) is 3. The number of phosphoric ester groups is 1. The van der Waals surface area contributed by atoms with Crippen molar-refractivity contribution < 1.29 is 32.3 Å². The average molecular weight is 561 g/mol. The van der Waals surface area contributed by atoms with Crippen LogP contribution in [0.2, 0.25) is 0 Å². The highest BCUT2D eigenvalue weighted by atomic mass is 31.2. The van der Waals surface area contributed by atoms with Gasteiger partial charge in [0.2, 0.25) is 0 Å². The molecule has 0 N–H and O–H groups in total. The lowest BCUT2D eigenvalue weighted by molar-refractivity contribution is 0.107. The van der Waals surface area contributed by atoms with Gasteiger partial charge < -0.3 is 14.2 Å². The lowest BCUT2D eigenvalue weighted by Crippen LogP contribution is -2.05. The van der Waals surface area contributed by atoms with Crippen LogP contribution in [0.3, 0.4) is 0 Å². The van der Waals surface area contributed by atoms with Crippen LogP contribution in [0.25, 0.3) is 0 Å². The second-order valence-corrected chi connectivity index (χ2v) is 11.1. The summed E-state index contributed by atoms with van der Waals surface area (Å²) in [5, 5.41) is 0. The Kier molecular flexibility index (Phi) is 25.1. The molecule has 0 aromatic carbocycles. The second-order valence-electron chi connectivity index (χ2n) is 9.43. The maximum atomic E-state index is 13.2. The number of rotatable bonds is 27. The van der Waals surface area contributed by atoms with E-state index in [2.05, 4.69) is 0 Å². The lowest BCUT2D eigenvalue weighted by Gasteiger charge is -2.18. The van der Waals surface area contributed by atoms with E-state index in [1.54, 1.807) is 0 Å². The maximum absolute atomic E-state index is 13.2. The van der Waals surface area contributed by atoms with Crippen molar-refractivity contribution in [2.24, 2.45) is 0 Å². The van der Waals surface area contributed by atoms with Crippen LogP contribution in [0.1, 0.15) is 119 Å². The van der Waals surface area contributed by atoms with Crippen LogP contribution in [0.4, 0.5) is 0 Å². The number of allylic oxidation sites excluding steroid dienone is 6. The standard InChI is InChI=1S/C30H57O7P/c1-7-28(4)32-22-16-10-13-19-25-35-38(31,36-26-20-14-11-17-23-33-29(5)8-2)37-27-21-15-12-18-24-34-30(6)9-3/h7-9H,10-27H2,1-6H3/b28-7+,29-8+,30-9+. The first kappa shape index (κ1) is 36.7. The van der Waals surface area contributed by atoms with E-state index in [0.29, 0.717) is 19.8 Å². The second kappa shape index (κ2) is 26.0. The van der Waals surface area contributed by atoms with Gasteiger partial charge in [-0.25, -0.2) is 4.57 Å². The molecule has 0 unspecified atom stereocenters. The van der Waals surface area contributed by atoms with Crippen molar-refractivity contribution in [1.29, 1.82) is 0 Å². The van der Waals surface area contributed by atoms with Gasteiger partial charge >= 0.3 is 7.82 Å². The van der Waals surface area contributed by atoms with Crippen molar-refractivity contribution in [1.82, 2.24) is 0 Å². The Balaban J connectivity index is 4.23. The van der Waals surface area contributed by atoms with E-state index < -0.39 is 7.82 Å². The molecule has 7 nitrogen and oxygen atoms in total. The molecule has 0 aliphatic carbocycles. The topological polar surface area (TPSA) is 72.5 Å². The van der Waals surface area contributed by atoms with Crippen LogP contribution in [0, 0.1) is 0 Å². The van der Waals surface area contributed by atoms with Crippen LogP contribution >= 0.6 is 7.82 Å². The Labute approximate surface area is 233 Å². The van der Waals surface area contributed by atoms with Crippen LogP contribution in [-0.2, 0) is 32.3 Å². The van der Waals surface area contributed by atoms with Gasteiger partial charge in [0.15, 0.2) is 0 Å². The molecule has 0 atom stereocenters. The predicted molar refractivity (Wildman–Crippen MR) is 157 cm³/mol. The van der Waals surface area contributed by atoms with Gasteiger partial charge in [-0.3, -0.25) is 13.6 Å². The zero-order chi connectivity index (χ0) is 28.3. The monoisotopic (exact) mass is 560 g/mol. The van der Waals surface area contributed by atoms with Crippen LogP contribution < -0.4 is 0 Å². The van der Waals surface area contributed by atoms with Crippen molar-refractivity contribution in [3.63, 3.8) is 0 Å². The molecule has 0 amide bonds. The molecule has 0 aliphatic rings. The van der Waals surface area contributed by atoms with Gasteiger partial charge in [-0.15, -0.1) is 0 Å². The zero-order valence-electron chi connectivity index (χ0n) is 25.3. The first-order valence-electron chi connectivity index (χ1n) is 14.7. The zero-order valence-corrected chi connectivity index (χ0v) is 26.2. The third kappa shape index (κ3) is 23.8. The molecule has 0 aliphatic heterocycles. The van der Waals surface area contributed by atoms with Crippen molar-refractivity contribution in [2.45, 2.75) is 119 Å². The fourth-order valence-corrected chi connectivity index (χ4v) is 4.55. The van der Waals surface area contributed by atoms with Crippen molar-refractivity contribution >= 4 is 7.82 Å². The summed E-state index contributed by atoms with van der Waals surface area (Å²) in [5.41, 5.74) is 0. The molecule has 224 valence electrons. The Bertz CT molecular complexity index is 598. The minimum absolute atomic E-state index is 0.370. The quantitative estimate of drug-likeness (QED) is 0.0562. The maximum Gasteiger partial charge on any atom is 0.474 e. The Hall–Kier alpha value is -1.27. The molecule has 8 heteroatoms. The Morgan fingerprint density at radius 3 is 0.921 bits per heavy atom. The number of phosphoric acid groups is 1. The summed E-state index contributed by atoms with van der Waals surface area (Å²) in [5.74, 6) is 2.87. The molecule has 0 saturated carbocycles. The summed E-state index contributed by atoms with van der Waals surface area (Å²) in [7, 11) is -3.55. The molecular weight excluding hydrogens is 503 g/mol. The van der Waals surface area contributed by atoms with E-state index in [1.165, 1.54) is 0 Å². The summed E-state index contributed by atoms with van der Waals surface area (Å²) in [6.45, 7) is 15.1. The van der Waals surface area contributed by atoms with Crippen molar-refractivity contribution in [3.8, 4) is 0 Å². The average Bonchev–Trinajstić information content (AvgIpc) is 2.92. The van der Waals surface area contributed by atoms with Gasteiger partial charge in [0, 0.05) is 0 Å². The SMILES string of the molecule is C/C=C(\C)OCCCCCCOP(=O)(OCCCCCCO/C(C)=C/C)OCCCCCCO/C(C)=C/C. The summed E-state index contributed by atoms with van der Waals surface area (Å²) in [4.78, 5) is 0. The van der Waals surface area contributed by atoms with Crippen molar-refractivity contribution in [2.75, 3.05) is 39.6 Å². The predicted octanol–water partition coefficient (Wildman–Crippen LogP) is 9.65. The van der Waals surface area contributed by atoms with Gasteiger partial charge in [-0.1, -0.05) is 37.5 Å². The molecule has 0 aromatic rings. The molecule has 0 radical (unpaired) electrons. The minimum Gasteiger partial charge on any atom is -0.499 e. The summed E-state index contributed by atoms with van der Waals surface area (Å²) in [6.07, 6.45) is 17.4. The molecule has 0 heterocycles. The van der Waals surface area contributed by atoms with Crippen LogP contribution in [0.15, 0.2) is 35.5 Å². The van der Waals surface area contributed by atoms with E-state index in [9.17, 15) is 4.57 Å². The van der Waals surface area contributed by atoms with E-state index in [4.69, 9.17) is 27.8 Å². The Morgan fingerprint density at radius 2 is 0.684 bits per heavy atom. The lowest BCUT2D eigenvalue weighted by atomic mass is 10.2. The number of hydrogen-bond acceptors (Lipinski definition) is 7. The molecule has 0 saturated heterocycles. The van der Waals surface area contributed by atoms with E-state index in [-0.39, 0.29) is 0 Å². The molecule has 0 aromatic heterocycles. The highest BCUT2D eigenvalue weighted by Crippen LogP contribution is 2.50. The highest BCUT2D eigenvalue weighted by molar-refractivity contribution is 7.48. The summed E-state index contributed by atoms with van der Waals surface area (Å²) < 4.78 is 47.0. The van der Waals surface area contributed by atoms with E-state index in [1.807, 2.05) is 59.8 Å². The third-order valence-corrected chi connectivity index (χ3v) is 7.57. The van der Waals surface area contributed by atoms with E-state index >= 15 is 0 Å². The largest absolute Gasteiger partial charge is 0.499 e. The molecular formula is C30H57O7P.